The number of amides is 2. The SMILES string of the molecule is CC[C@H](C)[C@@H](NC(=O)CN(C)CC(=O)Nc1cccc(F)c1)C(=O)OC. The minimum Gasteiger partial charge on any atom is -0.467 e. The molecule has 7 nitrogen and oxygen atoms in total. The number of hydrogen-bond acceptors (Lipinski definition) is 5. The molecule has 0 aliphatic heterocycles. The number of carbonyl (C=O) groups excluding carboxylic acids is 3. The van der Waals surface area contributed by atoms with Crippen molar-refractivity contribution in [3.8, 4) is 0 Å². The Balaban J connectivity index is 2.52. The van der Waals surface area contributed by atoms with Gasteiger partial charge in [0.2, 0.25) is 11.8 Å². The Morgan fingerprint density at radius 3 is 2.46 bits per heavy atom. The highest BCUT2D eigenvalue weighted by atomic mass is 19.1. The predicted octanol–water partition coefficient (Wildman–Crippen LogP) is 1.40. The molecule has 26 heavy (non-hydrogen) atoms. The Morgan fingerprint density at radius 2 is 1.88 bits per heavy atom. The van der Waals surface area contributed by atoms with Crippen LogP contribution in [0.1, 0.15) is 20.3 Å². The Bertz CT molecular complexity index is 639. The molecule has 0 radical (unpaired) electrons. The first-order valence-electron chi connectivity index (χ1n) is 8.38. The molecule has 8 heteroatoms. The molecule has 1 aromatic carbocycles. The lowest BCUT2D eigenvalue weighted by molar-refractivity contribution is -0.146. The molecule has 0 spiro atoms. The summed E-state index contributed by atoms with van der Waals surface area (Å²) < 4.78 is 17.8. The molecule has 1 aromatic rings. The van der Waals surface area contributed by atoms with Crippen molar-refractivity contribution in [3.63, 3.8) is 0 Å². The van der Waals surface area contributed by atoms with Crippen molar-refractivity contribution in [1.29, 1.82) is 0 Å². The van der Waals surface area contributed by atoms with Crippen molar-refractivity contribution in [2.45, 2.75) is 26.3 Å². The van der Waals surface area contributed by atoms with Crippen LogP contribution in [0.2, 0.25) is 0 Å². The van der Waals surface area contributed by atoms with E-state index in [1.165, 1.54) is 30.2 Å². The molecule has 0 fully saturated rings. The molecule has 2 atom stereocenters. The van der Waals surface area contributed by atoms with Gasteiger partial charge in [0.1, 0.15) is 11.9 Å². The maximum atomic E-state index is 13.1. The average molecular weight is 367 g/mol. The smallest absolute Gasteiger partial charge is 0.328 e. The van der Waals surface area contributed by atoms with Crippen LogP contribution in [0.15, 0.2) is 24.3 Å². The Kier molecular flexibility index (Phi) is 8.71. The summed E-state index contributed by atoms with van der Waals surface area (Å²) in [5.41, 5.74) is 0.343. The maximum Gasteiger partial charge on any atom is 0.328 e. The average Bonchev–Trinajstić information content (AvgIpc) is 2.57. The standard InChI is InChI=1S/C18H26FN3O4/c1-5-12(2)17(18(25)26-4)21-16(24)11-22(3)10-15(23)20-14-8-6-7-13(19)9-14/h6-9,12,17H,5,10-11H2,1-4H3,(H,20,23)(H,21,24)/t12-,17+/m0/s1. The van der Waals surface area contributed by atoms with Gasteiger partial charge in [-0.15, -0.1) is 0 Å². The van der Waals surface area contributed by atoms with Crippen molar-refractivity contribution in [2.75, 3.05) is 32.6 Å². The number of hydrogen-bond donors (Lipinski definition) is 2. The number of carbonyl (C=O) groups is 3. The molecule has 0 saturated heterocycles. The van der Waals surface area contributed by atoms with E-state index < -0.39 is 17.8 Å². The van der Waals surface area contributed by atoms with Crippen molar-refractivity contribution < 1.29 is 23.5 Å². The van der Waals surface area contributed by atoms with E-state index in [1.54, 1.807) is 13.1 Å². The predicted molar refractivity (Wildman–Crippen MR) is 95.9 cm³/mol. The number of anilines is 1. The van der Waals surface area contributed by atoms with Crippen molar-refractivity contribution in [2.24, 2.45) is 5.92 Å². The van der Waals surface area contributed by atoms with Crippen LogP contribution in [-0.2, 0) is 19.1 Å². The van der Waals surface area contributed by atoms with E-state index in [1.807, 2.05) is 13.8 Å². The molecule has 0 unspecified atom stereocenters. The third-order valence-corrected chi connectivity index (χ3v) is 3.92. The van der Waals surface area contributed by atoms with Gasteiger partial charge in [-0.25, -0.2) is 9.18 Å². The molecular formula is C18H26FN3O4. The monoisotopic (exact) mass is 367 g/mol. The highest BCUT2D eigenvalue weighted by Crippen LogP contribution is 2.10. The summed E-state index contributed by atoms with van der Waals surface area (Å²) in [6, 6.07) is 4.82. The number of rotatable bonds is 9. The number of ether oxygens (including phenoxy) is 1. The highest BCUT2D eigenvalue weighted by Gasteiger charge is 2.27. The number of nitrogens with zero attached hydrogens (tertiary/aromatic N) is 1. The first kappa shape index (κ1) is 21.6. The molecule has 144 valence electrons. The molecule has 0 bridgehead atoms. The number of nitrogens with one attached hydrogen (secondary N) is 2. The topological polar surface area (TPSA) is 87.7 Å². The second-order valence-electron chi connectivity index (χ2n) is 6.18. The largest absolute Gasteiger partial charge is 0.467 e. The Hall–Kier alpha value is -2.48. The summed E-state index contributed by atoms with van der Waals surface area (Å²) in [7, 11) is 2.87. The van der Waals surface area contributed by atoms with Gasteiger partial charge in [-0.3, -0.25) is 14.5 Å². The number of benzene rings is 1. The molecule has 0 aliphatic rings. The summed E-state index contributed by atoms with van der Waals surface area (Å²) in [6.45, 7) is 3.63. The van der Waals surface area contributed by atoms with E-state index in [0.29, 0.717) is 12.1 Å². The third-order valence-electron chi connectivity index (χ3n) is 3.92. The quantitative estimate of drug-likeness (QED) is 0.644. The summed E-state index contributed by atoms with van der Waals surface area (Å²) in [5.74, 6) is -1.79. The second kappa shape index (κ2) is 10.5. The molecule has 0 heterocycles. The molecule has 2 N–H and O–H groups in total. The van der Waals surface area contributed by atoms with Crippen molar-refractivity contribution >= 4 is 23.5 Å². The van der Waals surface area contributed by atoms with Crippen LogP contribution in [-0.4, -0.2) is 56.0 Å². The van der Waals surface area contributed by atoms with E-state index in [2.05, 4.69) is 10.6 Å². The van der Waals surface area contributed by atoms with Gasteiger partial charge in [0.05, 0.1) is 20.2 Å². The summed E-state index contributed by atoms with van der Waals surface area (Å²) in [5, 5.41) is 5.20. The van der Waals surface area contributed by atoms with Crippen LogP contribution in [0.5, 0.6) is 0 Å². The van der Waals surface area contributed by atoms with Gasteiger partial charge >= 0.3 is 5.97 Å². The van der Waals surface area contributed by atoms with E-state index in [0.717, 1.165) is 0 Å². The van der Waals surface area contributed by atoms with Gasteiger partial charge in [0.15, 0.2) is 0 Å². The van der Waals surface area contributed by atoms with E-state index in [9.17, 15) is 18.8 Å². The van der Waals surface area contributed by atoms with Gasteiger partial charge in [-0.1, -0.05) is 26.3 Å². The number of halogens is 1. The Morgan fingerprint density at radius 1 is 1.23 bits per heavy atom. The van der Waals surface area contributed by atoms with E-state index in [-0.39, 0.29) is 30.8 Å². The maximum absolute atomic E-state index is 13.1. The summed E-state index contributed by atoms with van der Waals surface area (Å²) in [4.78, 5) is 37.4. The molecule has 2 amide bonds. The normalized spacial score (nSPS) is 13.0. The van der Waals surface area contributed by atoms with Gasteiger partial charge in [-0.2, -0.15) is 0 Å². The molecule has 1 rings (SSSR count). The van der Waals surface area contributed by atoms with Crippen molar-refractivity contribution in [1.82, 2.24) is 10.2 Å². The zero-order chi connectivity index (χ0) is 19.7. The zero-order valence-electron chi connectivity index (χ0n) is 15.5. The summed E-state index contributed by atoms with van der Waals surface area (Å²) >= 11 is 0. The van der Waals surface area contributed by atoms with Gasteiger partial charge in [-0.05, 0) is 31.2 Å². The lowest BCUT2D eigenvalue weighted by Gasteiger charge is -2.23. The second-order valence-corrected chi connectivity index (χ2v) is 6.18. The fourth-order valence-electron chi connectivity index (χ4n) is 2.33. The van der Waals surface area contributed by atoms with Crippen LogP contribution in [0.25, 0.3) is 0 Å². The molecule has 0 aromatic heterocycles. The van der Waals surface area contributed by atoms with Gasteiger partial charge in [0.25, 0.3) is 0 Å². The van der Waals surface area contributed by atoms with Crippen LogP contribution < -0.4 is 10.6 Å². The minimum atomic E-state index is -0.730. The summed E-state index contributed by atoms with van der Waals surface area (Å²) in [6.07, 6.45) is 0.700. The first-order valence-corrected chi connectivity index (χ1v) is 8.38. The molecule has 0 aliphatic carbocycles. The molecule has 0 saturated carbocycles. The van der Waals surface area contributed by atoms with E-state index in [4.69, 9.17) is 4.74 Å². The van der Waals surface area contributed by atoms with Crippen LogP contribution >= 0.6 is 0 Å². The van der Waals surface area contributed by atoms with Gasteiger partial charge < -0.3 is 15.4 Å². The number of esters is 1. The highest BCUT2D eigenvalue weighted by molar-refractivity contribution is 5.92. The fourth-order valence-corrected chi connectivity index (χ4v) is 2.33. The van der Waals surface area contributed by atoms with Crippen LogP contribution in [0.4, 0.5) is 10.1 Å². The Labute approximate surface area is 152 Å². The number of methoxy groups -OCH3 is 1. The fraction of sp³-hybridized carbons (Fsp3) is 0.500. The first-order chi connectivity index (χ1) is 12.3. The molecular weight excluding hydrogens is 341 g/mol. The van der Waals surface area contributed by atoms with Crippen molar-refractivity contribution in [3.05, 3.63) is 30.1 Å². The zero-order valence-corrected chi connectivity index (χ0v) is 15.5. The van der Waals surface area contributed by atoms with E-state index >= 15 is 0 Å². The lowest BCUT2D eigenvalue weighted by atomic mass is 9.99. The number of likely N-dealkylation sites (N-methyl/N-ethyl adjacent to an activating group) is 1. The minimum absolute atomic E-state index is 0.0594. The third kappa shape index (κ3) is 7.18. The van der Waals surface area contributed by atoms with Crippen LogP contribution in [0, 0.1) is 11.7 Å². The lowest BCUT2D eigenvalue weighted by Crippen LogP contribution is -2.49. The van der Waals surface area contributed by atoms with Gasteiger partial charge in [0, 0.05) is 5.69 Å². The van der Waals surface area contributed by atoms with Crippen LogP contribution in [0.3, 0.4) is 0 Å².